The number of nitrogens with two attached hydrogens (primary N) is 1. The highest BCUT2D eigenvalue weighted by Crippen LogP contribution is 2.35. The van der Waals surface area contributed by atoms with Crippen molar-refractivity contribution >= 4 is 39.9 Å². The van der Waals surface area contributed by atoms with Gasteiger partial charge in [0.25, 0.3) is 0 Å². The van der Waals surface area contributed by atoms with Gasteiger partial charge in [-0.3, -0.25) is 14.8 Å². The van der Waals surface area contributed by atoms with Gasteiger partial charge in [0.15, 0.2) is 5.82 Å². The number of H-pyrrole nitrogens is 1. The highest BCUT2D eigenvalue weighted by molar-refractivity contribution is 6.35. The first kappa shape index (κ1) is 24.6. The summed E-state index contributed by atoms with van der Waals surface area (Å²) in [6.07, 6.45) is 5.30. The lowest BCUT2D eigenvalue weighted by Gasteiger charge is -2.25. The first-order chi connectivity index (χ1) is 18.3. The summed E-state index contributed by atoms with van der Waals surface area (Å²) < 4.78 is 8.01. The molecule has 1 aliphatic rings. The lowest BCUT2D eigenvalue weighted by Crippen LogP contribution is -2.41. The summed E-state index contributed by atoms with van der Waals surface area (Å²) in [6.45, 7) is 3.31. The van der Waals surface area contributed by atoms with E-state index in [1.165, 1.54) is 0 Å². The number of nitrogens with zero attached hydrogens (tertiary/aromatic N) is 7. The molecule has 10 nitrogen and oxygen atoms in total. The Morgan fingerprint density at radius 2 is 1.92 bits per heavy atom. The summed E-state index contributed by atoms with van der Waals surface area (Å²) in [5.74, 6) is 1.42. The third kappa shape index (κ3) is 4.34. The standard InChI is InChI=1S/C26H25Cl2N9O/c1-15(24-18(27)12-30-13-19(24)28)38-16-3-4-20-17(11-16)25(35-32-20)21-5-6-23(34-33-21)37-10-8-26(29,14-37)22-7-9-31-36(22)2/h3-7,9,11-13,15H,8,10,14,29H2,1-2H3,(H,32,35)/t15-,26+/m1/s1. The minimum atomic E-state index is -0.484. The second kappa shape index (κ2) is 9.54. The maximum absolute atomic E-state index is 6.73. The van der Waals surface area contributed by atoms with E-state index in [9.17, 15) is 0 Å². The molecular formula is C26H25Cl2N9O. The van der Waals surface area contributed by atoms with Crippen molar-refractivity contribution < 1.29 is 4.74 Å². The highest BCUT2D eigenvalue weighted by Gasteiger charge is 2.38. The van der Waals surface area contributed by atoms with Crippen molar-refractivity contribution in [3.8, 4) is 17.1 Å². The third-order valence-corrected chi connectivity index (χ3v) is 7.60. The Morgan fingerprint density at radius 3 is 2.63 bits per heavy atom. The molecule has 5 aromatic rings. The molecule has 194 valence electrons. The van der Waals surface area contributed by atoms with Gasteiger partial charge in [0.05, 0.1) is 26.8 Å². The summed E-state index contributed by atoms with van der Waals surface area (Å²) in [7, 11) is 1.91. The molecule has 0 spiro atoms. The fourth-order valence-electron chi connectivity index (χ4n) is 5.05. The van der Waals surface area contributed by atoms with E-state index in [0.29, 0.717) is 39.3 Å². The molecule has 0 aliphatic carbocycles. The van der Waals surface area contributed by atoms with Gasteiger partial charge in [-0.25, -0.2) is 0 Å². The molecular weight excluding hydrogens is 525 g/mol. The zero-order valence-corrected chi connectivity index (χ0v) is 22.3. The number of hydrogen-bond acceptors (Lipinski definition) is 8. The fraction of sp³-hybridized carbons (Fsp3) is 0.269. The maximum Gasteiger partial charge on any atom is 0.151 e. The molecule has 1 saturated heterocycles. The third-order valence-electron chi connectivity index (χ3n) is 6.99. The molecule has 6 rings (SSSR count). The molecule has 3 N–H and O–H groups in total. The number of benzene rings is 1. The molecule has 5 heterocycles. The van der Waals surface area contributed by atoms with Gasteiger partial charge in [-0.05, 0) is 49.7 Å². The van der Waals surface area contributed by atoms with Crippen LogP contribution in [0.25, 0.3) is 22.3 Å². The molecule has 2 atom stereocenters. The quantitative estimate of drug-likeness (QED) is 0.313. The van der Waals surface area contributed by atoms with E-state index >= 15 is 0 Å². The Bertz CT molecular complexity index is 1600. The van der Waals surface area contributed by atoms with Gasteiger partial charge in [-0.2, -0.15) is 10.2 Å². The molecule has 1 aliphatic heterocycles. The summed E-state index contributed by atoms with van der Waals surface area (Å²) in [5, 5.41) is 22.6. The van der Waals surface area contributed by atoms with Gasteiger partial charge in [0.2, 0.25) is 0 Å². The first-order valence-corrected chi connectivity index (χ1v) is 12.9. The average molecular weight is 550 g/mol. The minimum Gasteiger partial charge on any atom is -0.486 e. The molecule has 1 fully saturated rings. The molecule has 12 heteroatoms. The lowest BCUT2D eigenvalue weighted by molar-refractivity contribution is 0.227. The van der Waals surface area contributed by atoms with Crippen LogP contribution in [0.4, 0.5) is 5.82 Å². The summed E-state index contributed by atoms with van der Waals surface area (Å²) >= 11 is 12.6. The van der Waals surface area contributed by atoms with Crippen LogP contribution in [0, 0.1) is 0 Å². The van der Waals surface area contributed by atoms with E-state index in [1.807, 2.05) is 55.1 Å². The smallest absolute Gasteiger partial charge is 0.151 e. The van der Waals surface area contributed by atoms with Crippen LogP contribution >= 0.6 is 23.2 Å². The van der Waals surface area contributed by atoms with Gasteiger partial charge in [-0.15, -0.1) is 10.2 Å². The van der Waals surface area contributed by atoms with Crippen LogP contribution in [0.5, 0.6) is 5.75 Å². The zero-order valence-electron chi connectivity index (χ0n) is 20.8. The van der Waals surface area contributed by atoms with Gasteiger partial charge in [0, 0.05) is 49.7 Å². The second-order valence-corrected chi connectivity index (χ2v) is 10.3. The largest absolute Gasteiger partial charge is 0.486 e. The average Bonchev–Trinajstić information content (AvgIpc) is 3.63. The molecule has 0 bridgehead atoms. The normalized spacial score (nSPS) is 18.3. The zero-order chi connectivity index (χ0) is 26.4. The number of aromatic amines is 1. The summed E-state index contributed by atoms with van der Waals surface area (Å²) in [4.78, 5) is 6.16. The van der Waals surface area contributed by atoms with Crippen LogP contribution in [0.15, 0.2) is 55.0 Å². The van der Waals surface area contributed by atoms with Crippen molar-refractivity contribution in [3.05, 3.63) is 76.3 Å². The van der Waals surface area contributed by atoms with Crippen molar-refractivity contribution in [3.63, 3.8) is 0 Å². The number of ether oxygens (including phenoxy) is 1. The number of pyridine rings is 1. The molecule has 0 radical (unpaired) electrons. The lowest BCUT2D eigenvalue weighted by atomic mass is 9.96. The van der Waals surface area contributed by atoms with Crippen LogP contribution in [0.1, 0.15) is 30.7 Å². The Kier molecular flexibility index (Phi) is 6.17. The molecule has 38 heavy (non-hydrogen) atoms. The van der Waals surface area contributed by atoms with Crippen molar-refractivity contribution in [1.82, 2.24) is 35.2 Å². The molecule has 4 aromatic heterocycles. The molecule has 0 saturated carbocycles. The van der Waals surface area contributed by atoms with Crippen LogP contribution in [0.3, 0.4) is 0 Å². The van der Waals surface area contributed by atoms with Crippen molar-refractivity contribution in [2.75, 3.05) is 18.0 Å². The molecule has 0 amide bonds. The van der Waals surface area contributed by atoms with Gasteiger partial charge >= 0.3 is 0 Å². The Hall–Kier alpha value is -3.73. The molecule has 0 unspecified atom stereocenters. The predicted octanol–water partition coefficient (Wildman–Crippen LogP) is 4.66. The predicted molar refractivity (Wildman–Crippen MR) is 146 cm³/mol. The van der Waals surface area contributed by atoms with E-state index in [0.717, 1.165) is 35.4 Å². The minimum absolute atomic E-state index is 0.383. The van der Waals surface area contributed by atoms with Gasteiger partial charge in [-0.1, -0.05) is 23.2 Å². The monoisotopic (exact) mass is 549 g/mol. The maximum atomic E-state index is 6.73. The van der Waals surface area contributed by atoms with Gasteiger partial charge < -0.3 is 15.4 Å². The first-order valence-electron chi connectivity index (χ1n) is 12.1. The number of fused-ring (bicyclic) bond motifs is 1. The summed E-state index contributed by atoms with van der Waals surface area (Å²) in [6, 6.07) is 11.5. The Morgan fingerprint density at radius 1 is 1.11 bits per heavy atom. The van der Waals surface area contributed by atoms with E-state index < -0.39 is 5.54 Å². The van der Waals surface area contributed by atoms with Crippen molar-refractivity contribution in [2.24, 2.45) is 12.8 Å². The van der Waals surface area contributed by atoms with Crippen LogP contribution in [-0.4, -0.2) is 48.2 Å². The number of aromatic nitrogens is 7. The van der Waals surface area contributed by atoms with E-state index in [-0.39, 0.29) is 6.10 Å². The highest BCUT2D eigenvalue weighted by atomic mass is 35.5. The SMILES string of the molecule is C[C@@H](Oc1ccc2[nH]nc(-c3ccc(N4CC[C@@](N)(c5ccnn5C)C4)nn3)c2c1)c1c(Cl)cncc1Cl. The van der Waals surface area contributed by atoms with Gasteiger partial charge in [0.1, 0.15) is 23.2 Å². The van der Waals surface area contributed by atoms with Crippen molar-refractivity contribution in [2.45, 2.75) is 25.0 Å². The Labute approximate surface area is 228 Å². The number of nitrogens with one attached hydrogen (secondary N) is 1. The number of aryl methyl sites for hydroxylation is 1. The fourth-order valence-corrected chi connectivity index (χ4v) is 5.73. The Balaban J connectivity index is 1.23. The summed E-state index contributed by atoms with van der Waals surface area (Å²) in [5.41, 5.74) is 10.1. The van der Waals surface area contributed by atoms with Crippen LogP contribution in [-0.2, 0) is 12.6 Å². The van der Waals surface area contributed by atoms with E-state index in [4.69, 9.17) is 33.7 Å². The second-order valence-electron chi connectivity index (χ2n) is 9.50. The van der Waals surface area contributed by atoms with E-state index in [1.54, 1.807) is 18.6 Å². The topological polar surface area (TPSA) is 124 Å². The van der Waals surface area contributed by atoms with E-state index in [2.05, 4.69) is 35.4 Å². The number of rotatable bonds is 6. The van der Waals surface area contributed by atoms with Crippen LogP contribution in [0.2, 0.25) is 10.0 Å². The molecule has 1 aromatic carbocycles. The number of hydrogen-bond donors (Lipinski definition) is 2. The number of halogens is 2. The van der Waals surface area contributed by atoms with Crippen molar-refractivity contribution in [1.29, 1.82) is 0 Å². The number of anilines is 1. The van der Waals surface area contributed by atoms with Crippen LogP contribution < -0.4 is 15.4 Å².